The van der Waals surface area contributed by atoms with Crippen LogP contribution in [-0.2, 0) is 16.0 Å². The first-order valence-corrected chi connectivity index (χ1v) is 7.63. The topological polar surface area (TPSA) is 79.0 Å². The predicted molar refractivity (Wildman–Crippen MR) is 79.8 cm³/mol. The van der Waals surface area contributed by atoms with Crippen molar-refractivity contribution < 1.29 is 19.1 Å². The number of amides is 4. The molecule has 3 heterocycles. The molecule has 1 aromatic carbocycles. The highest BCUT2D eigenvalue weighted by atomic mass is 16.5. The molecule has 3 aliphatic rings. The van der Waals surface area contributed by atoms with Crippen LogP contribution in [0.2, 0.25) is 0 Å². The van der Waals surface area contributed by atoms with Gasteiger partial charge in [-0.2, -0.15) is 0 Å². The van der Waals surface area contributed by atoms with Crippen molar-refractivity contribution in [3.8, 4) is 5.75 Å². The summed E-state index contributed by atoms with van der Waals surface area (Å²) >= 11 is 0. The first kappa shape index (κ1) is 14.0. The number of carbonyl (C=O) groups excluding carboxylic acids is 3. The Hall–Kier alpha value is -2.57. The number of urea groups is 1. The molecule has 3 aliphatic heterocycles. The van der Waals surface area contributed by atoms with Crippen LogP contribution in [0.4, 0.5) is 4.79 Å². The summed E-state index contributed by atoms with van der Waals surface area (Å²) in [6.07, 6.45) is 0.885. The molecule has 7 heteroatoms. The van der Waals surface area contributed by atoms with Crippen LogP contribution in [0.5, 0.6) is 5.75 Å². The maximum Gasteiger partial charge on any atom is 0.325 e. The minimum atomic E-state index is -0.492. The summed E-state index contributed by atoms with van der Waals surface area (Å²) in [6.45, 7) is 1.59. The van der Waals surface area contributed by atoms with E-state index in [9.17, 15) is 14.4 Å². The summed E-state index contributed by atoms with van der Waals surface area (Å²) in [4.78, 5) is 37.9. The molecule has 7 nitrogen and oxygen atoms in total. The molecule has 23 heavy (non-hydrogen) atoms. The van der Waals surface area contributed by atoms with Gasteiger partial charge in [0.1, 0.15) is 12.3 Å². The van der Waals surface area contributed by atoms with E-state index >= 15 is 0 Å². The molecule has 4 rings (SSSR count). The van der Waals surface area contributed by atoms with Crippen LogP contribution < -0.4 is 10.1 Å². The molecule has 0 unspecified atom stereocenters. The van der Waals surface area contributed by atoms with Crippen molar-refractivity contribution in [2.45, 2.75) is 6.42 Å². The van der Waals surface area contributed by atoms with Crippen molar-refractivity contribution in [2.75, 3.05) is 32.8 Å². The fraction of sp³-hybridized carbons (Fsp3) is 0.438. The number of fused-ring (bicyclic) bond motifs is 1. The van der Waals surface area contributed by atoms with Gasteiger partial charge < -0.3 is 15.0 Å². The second-order valence-electron chi connectivity index (χ2n) is 6.46. The number of benzene rings is 1. The van der Waals surface area contributed by atoms with Gasteiger partial charge in [0.2, 0.25) is 5.91 Å². The fourth-order valence-corrected chi connectivity index (χ4v) is 3.47. The SMILES string of the molecule is O=C(CN1C(=O)CNC1=O)N1CC2(COc3ccccc3C2)C1. The van der Waals surface area contributed by atoms with Gasteiger partial charge in [-0.25, -0.2) is 4.79 Å². The molecule has 1 aromatic rings. The van der Waals surface area contributed by atoms with E-state index in [1.807, 2.05) is 24.3 Å². The molecule has 1 spiro atoms. The first-order valence-electron chi connectivity index (χ1n) is 7.63. The maximum absolute atomic E-state index is 12.3. The van der Waals surface area contributed by atoms with Crippen molar-refractivity contribution in [2.24, 2.45) is 5.41 Å². The second kappa shape index (κ2) is 4.97. The normalized spacial score (nSPS) is 21.6. The lowest BCUT2D eigenvalue weighted by molar-refractivity contribution is -0.149. The van der Waals surface area contributed by atoms with E-state index in [1.54, 1.807) is 4.90 Å². The minimum absolute atomic E-state index is 0.0271. The third kappa shape index (κ3) is 2.32. The predicted octanol–water partition coefficient (Wildman–Crippen LogP) is 0.00190. The second-order valence-corrected chi connectivity index (χ2v) is 6.46. The van der Waals surface area contributed by atoms with Crippen molar-refractivity contribution in [3.05, 3.63) is 29.8 Å². The van der Waals surface area contributed by atoms with Crippen LogP contribution in [-0.4, -0.2) is 60.4 Å². The zero-order chi connectivity index (χ0) is 16.0. The quantitative estimate of drug-likeness (QED) is 0.779. The molecule has 0 saturated carbocycles. The highest BCUT2D eigenvalue weighted by molar-refractivity contribution is 6.04. The fourth-order valence-electron chi connectivity index (χ4n) is 3.47. The molecular weight excluding hydrogens is 298 g/mol. The summed E-state index contributed by atoms with van der Waals surface area (Å²) in [6, 6.07) is 7.45. The molecule has 2 fully saturated rings. The summed E-state index contributed by atoms with van der Waals surface area (Å²) in [5, 5.41) is 2.41. The zero-order valence-corrected chi connectivity index (χ0v) is 12.6. The van der Waals surface area contributed by atoms with Crippen LogP contribution in [0, 0.1) is 5.41 Å². The van der Waals surface area contributed by atoms with E-state index in [0.29, 0.717) is 19.7 Å². The van der Waals surface area contributed by atoms with Crippen molar-refractivity contribution in [1.29, 1.82) is 0 Å². The van der Waals surface area contributed by atoms with Crippen LogP contribution in [0.3, 0.4) is 0 Å². The van der Waals surface area contributed by atoms with Gasteiger partial charge >= 0.3 is 6.03 Å². The van der Waals surface area contributed by atoms with Gasteiger partial charge in [-0.15, -0.1) is 0 Å². The van der Waals surface area contributed by atoms with Gasteiger partial charge in [-0.1, -0.05) is 18.2 Å². The Morgan fingerprint density at radius 3 is 2.78 bits per heavy atom. The molecule has 120 valence electrons. The number of hydrogen-bond acceptors (Lipinski definition) is 4. The number of nitrogens with zero attached hydrogens (tertiary/aromatic N) is 2. The van der Waals surface area contributed by atoms with Crippen LogP contribution in [0.25, 0.3) is 0 Å². The number of nitrogens with one attached hydrogen (secondary N) is 1. The van der Waals surface area contributed by atoms with Crippen LogP contribution in [0.1, 0.15) is 5.56 Å². The van der Waals surface area contributed by atoms with Crippen LogP contribution in [0.15, 0.2) is 24.3 Å². The smallest absolute Gasteiger partial charge is 0.325 e. The zero-order valence-electron chi connectivity index (χ0n) is 12.6. The first-order chi connectivity index (χ1) is 11.1. The van der Waals surface area contributed by atoms with Gasteiger partial charge in [0.15, 0.2) is 0 Å². The number of likely N-dealkylation sites (tertiary alicyclic amines) is 1. The lowest BCUT2D eigenvalue weighted by Crippen LogP contribution is -2.64. The van der Waals surface area contributed by atoms with E-state index < -0.39 is 6.03 Å². The average molecular weight is 315 g/mol. The standard InChI is InChI=1S/C16H17N3O4/c20-13-6-17-15(22)19(13)7-14(21)18-8-16(9-18)5-11-3-1-2-4-12(11)23-10-16/h1-4H,5-10H2,(H,17,22). The van der Waals surface area contributed by atoms with Gasteiger partial charge in [0.25, 0.3) is 5.91 Å². The summed E-state index contributed by atoms with van der Waals surface area (Å²) in [5.41, 5.74) is 1.13. The van der Waals surface area contributed by atoms with Gasteiger partial charge in [-0.05, 0) is 18.1 Å². The van der Waals surface area contributed by atoms with E-state index in [1.165, 1.54) is 5.56 Å². The number of ether oxygens (including phenoxy) is 1. The third-order valence-corrected chi connectivity index (χ3v) is 4.71. The number of para-hydroxylation sites is 1. The highest BCUT2D eigenvalue weighted by Crippen LogP contribution is 2.40. The van der Waals surface area contributed by atoms with Gasteiger partial charge in [-0.3, -0.25) is 14.5 Å². The number of carbonyl (C=O) groups is 3. The molecular formula is C16H17N3O4. The van der Waals surface area contributed by atoms with Crippen molar-refractivity contribution >= 4 is 17.8 Å². The Kier molecular flexibility index (Phi) is 3.04. The lowest BCUT2D eigenvalue weighted by atomic mass is 9.74. The summed E-state index contributed by atoms with van der Waals surface area (Å²) in [7, 11) is 0. The Labute approximate surface area is 133 Å². The largest absolute Gasteiger partial charge is 0.493 e. The van der Waals surface area contributed by atoms with E-state index in [4.69, 9.17) is 4.74 Å². The molecule has 0 atom stereocenters. The Balaban J connectivity index is 1.37. The molecule has 0 aliphatic carbocycles. The number of imide groups is 1. The Morgan fingerprint density at radius 1 is 1.26 bits per heavy atom. The number of rotatable bonds is 2. The molecule has 0 aromatic heterocycles. The summed E-state index contributed by atoms with van der Waals surface area (Å²) in [5.74, 6) is 0.371. The molecule has 2 saturated heterocycles. The average Bonchev–Trinajstić information content (AvgIpc) is 2.84. The van der Waals surface area contributed by atoms with Gasteiger partial charge in [0.05, 0.1) is 13.2 Å². The van der Waals surface area contributed by atoms with E-state index in [2.05, 4.69) is 5.32 Å². The highest BCUT2D eigenvalue weighted by Gasteiger charge is 2.48. The number of hydrogen-bond donors (Lipinski definition) is 1. The van der Waals surface area contributed by atoms with Crippen LogP contribution >= 0.6 is 0 Å². The van der Waals surface area contributed by atoms with Crippen molar-refractivity contribution in [3.63, 3.8) is 0 Å². The van der Waals surface area contributed by atoms with Crippen molar-refractivity contribution in [1.82, 2.24) is 15.1 Å². The maximum atomic E-state index is 12.3. The third-order valence-electron chi connectivity index (χ3n) is 4.71. The molecule has 1 N–H and O–H groups in total. The monoisotopic (exact) mass is 315 g/mol. The molecule has 0 radical (unpaired) electrons. The lowest BCUT2D eigenvalue weighted by Gasteiger charge is -2.52. The molecule has 4 amide bonds. The Bertz CT molecular complexity index is 680. The van der Waals surface area contributed by atoms with E-state index in [-0.39, 0.29) is 30.3 Å². The van der Waals surface area contributed by atoms with Gasteiger partial charge in [0, 0.05) is 18.5 Å². The Morgan fingerprint density at radius 2 is 2.04 bits per heavy atom. The van der Waals surface area contributed by atoms with E-state index in [0.717, 1.165) is 17.1 Å². The summed E-state index contributed by atoms with van der Waals surface area (Å²) < 4.78 is 5.81. The minimum Gasteiger partial charge on any atom is -0.493 e. The molecule has 0 bridgehead atoms.